The highest BCUT2D eigenvalue weighted by molar-refractivity contribution is 7.90. The first-order valence-electron chi connectivity index (χ1n) is 4.80. The lowest BCUT2D eigenvalue weighted by molar-refractivity contribution is 0.575. The SMILES string of the molecule is CC(NCCS(C)(=O)=O)c1cccnc1. The highest BCUT2D eigenvalue weighted by Crippen LogP contribution is 2.08. The summed E-state index contributed by atoms with van der Waals surface area (Å²) in [7, 11) is -2.88. The molecule has 1 atom stereocenters. The average molecular weight is 228 g/mol. The number of pyridine rings is 1. The third-order valence-electron chi connectivity index (χ3n) is 2.11. The largest absolute Gasteiger partial charge is 0.309 e. The first kappa shape index (κ1) is 12.1. The molecular weight excluding hydrogens is 212 g/mol. The van der Waals surface area contributed by atoms with Crippen LogP contribution in [0.2, 0.25) is 0 Å². The minimum Gasteiger partial charge on any atom is -0.309 e. The molecule has 1 N–H and O–H groups in total. The van der Waals surface area contributed by atoms with Crippen molar-refractivity contribution in [2.75, 3.05) is 18.6 Å². The summed E-state index contributed by atoms with van der Waals surface area (Å²) in [5.41, 5.74) is 1.06. The number of nitrogens with zero attached hydrogens (tertiary/aromatic N) is 1. The summed E-state index contributed by atoms with van der Waals surface area (Å²) < 4.78 is 21.8. The van der Waals surface area contributed by atoms with Crippen LogP contribution in [-0.2, 0) is 9.84 Å². The molecule has 0 saturated carbocycles. The van der Waals surface area contributed by atoms with Gasteiger partial charge in [0, 0.05) is 31.2 Å². The van der Waals surface area contributed by atoms with Gasteiger partial charge in [-0.1, -0.05) is 6.07 Å². The van der Waals surface area contributed by atoms with Crippen molar-refractivity contribution in [3.8, 4) is 0 Å². The molecule has 0 bridgehead atoms. The standard InChI is InChI=1S/C10H16N2O2S/c1-9(10-4-3-5-11-8-10)12-6-7-15(2,13)14/h3-5,8-9,12H,6-7H2,1-2H3. The molecule has 0 fully saturated rings. The van der Waals surface area contributed by atoms with Crippen molar-refractivity contribution in [3.05, 3.63) is 30.1 Å². The van der Waals surface area contributed by atoms with E-state index in [9.17, 15) is 8.42 Å². The van der Waals surface area contributed by atoms with E-state index in [0.717, 1.165) is 5.56 Å². The van der Waals surface area contributed by atoms with Gasteiger partial charge in [0.1, 0.15) is 9.84 Å². The van der Waals surface area contributed by atoms with Crippen LogP contribution in [0.4, 0.5) is 0 Å². The van der Waals surface area contributed by atoms with Crippen molar-refractivity contribution in [2.24, 2.45) is 0 Å². The molecule has 15 heavy (non-hydrogen) atoms. The summed E-state index contributed by atoms with van der Waals surface area (Å²) in [6.07, 6.45) is 4.73. The number of sulfone groups is 1. The normalized spacial score (nSPS) is 13.7. The maximum Gasteiger partial charge on any atom is 0.148 e. The molecule has 1 heterocycles. The van der Waals surface area contributed by atoms with Crippen molar-refractivity contribution in [3.63, 3.8) is 0 Å². The van der Waals surface area contributed by atoms with Crippen LogP contribution in [0, 0.1) is 0 Å². The minimum absolute atomic E-state index is 0.125. The van der Waals surface area contributed by atoms with Crippen molar-refractivity contribution in [2.45, 2.75) is 13.0 Å². The molecule has 0 radical (unpaired) electrons. The molecule has 0 spiro atoms. The Hall–Kier alpha value is -0.940. The number of aromatic nitrogens is 1. The van der Waals surface area contributed by atoms with Gasteiger partial charge in [-0.3, -0.25) is 4.98 Å². The monoisotopic (exact) mass is 228 g/mol. The Morgan fingerprint density at radius 1 is 1.53 bits per heavy atom. The van der Waals surface area contributed by atoms with Gasteiger partial charge in [0.15, 0.2) is 0 Å². The van der Waals surface area contributed by atoms with Gasteiger partial charge in [-0.15, -0.1) is 0 Å². The second-order valence-corrected chi connectivity index (χ2v) is 5.85. The molecular formula is C10H16N2O2S. The summed E-state index contributed by atoms with van der Waals surface area (Å²) in [5, 5.41) is 3.14. The summed E-state index contributed by atoms with van der Waals surface area (Å²) in [4.78, 5) is 4.00. The van der Waals surface area contributed by atoms with Gasteiger partial charge in [0.05, 0.1) is 5.75 Å². The van der Waals surface area contributed by atoms with E-state index in [4.69, 9.17) is 0 Å². The zero-order valence-corrected chi connectivity index (χ0v) is 9.79. The highest BCUT2D eigenvalue weighted by Gasteiger charge is 2.06. The van der Waals surface area contributed by atoms with Crippen LogP contribution in [0.5, 0.6) is 0 Å². The zero-order valence-electron chi connectivity index (χ0n) is 8.97. The Labute approximate surface area is 90.7 Å². The van der Waals surface area contributed by atoms with Crippen LogP contribution >= 0.6 is 0 Å². The highest BCUT2D eigenvalue weighted by atomic mass is 32.2. The van der Waals surface area contributed by atoms with E-state index in [2.05, 4.69) is 10.3 Å². The van der Waals surface area contributed by atoms with Crippen molar-refractivity contribution in [1.82, 2.24) is 10.3 Å². The fourth-order valence-electron chi connectivity index (χ4n) is 1.21. The first-order valence-corrected chi connectivity index (χ1v) is 6.86. The van der Waals surface area contributed by atoms with Gasteiger partial charge in [-0.2, -0.15) is 0 Å². The number of nitrogens with one attached hydrogen (secondary N) is 1. The van der Waals surface area contributed by atoms with E-state index in [-0.39, 0.29) is 11.8 Å². The number of hydrogen-bond donors (Lipinski definition) is 1. The van der Waals surface area contributed by atoms with Gasteiger partial charge in [-0.05, 0) is 18.6 Å². The predicted molar refractivity (Wildman–Crippen MR) is 60.4 cm³/mol. The second-order valence-electron chi connectivity index (χ2n) is 3.59. The molecule has 5 heteroatoms. The Balaban J connectivity index is 2.41. The van der Waals surface area contributed by atoms with Gasteiger partial charge < -0.3 is 5.32 Å². The Morgan fingerprint density at radius 3 is 2.80 bits per heavy atom. The molecule has 0 aromatic carbocycles. The molecule has 0 aliphatic carbocycles. The molecule has 1 unspecified atom stereocenters. The van der Waals surface area contributed by atoms with Crippen LogP contribution in [0.15, 0.2) is 24.5 Å². The Morgan fingerprint density at radius 2 is 2.27 bits per heavy atom. The van der Waals surface area contributed by atoms with E-state index < -0.39 is 9.84 Å². The predicted octanol–water partition coefficient (Wildman–Crippen LogP) is 0.777. The third-order valence-corrected chi connectivity index (χ3v) is 3.05. The second kappa shape index (κ2) is 5.23. The summed E-state index contributed by atoms with van der Waals surface area (Å²) in [6, 6.07) is 3.95. The summed E-state index contributed by atoms with van der Waals surface area (Å²) in [5.74, 6) is 0.164. The minimum atomic E-state index is -2.88. The zero-order chi connectivity index (χ0) is 11.3. The molecule has 0 aliphatic heterocycles. The molecule has 1 aromatic heterocycles. The fourth-order valence-corrected chi connectivity index (χ4v) is 1.70. The van der Waals surface area contributed by atoms with E-state index in [1.54, 1.807) is 12.4 Å². The Kier molecular flexibility index (Phi) is 4.23. The van der Waals surface area contributed by atoms with E-state index >= 15 is 0 Å². The molecule has 0 aliphatic rings. The Bertz CT molecular complexity index is 389. The van der Waals surface area contributed by atoms with Crippen molar-refractivity contribution >= 4 is 9.84 Å². The van der Waals surface area contributed by atoms with Crippen LogP contribution in [0.3, 0.4) is 0 Å². The van der Waals surface area contributed by atoms with Crippen molar-refractivity contribution in [1.29, 1.82) is 0 Å². The lowest BCUT2D eigenvalue weighted by Crippen LogP contribution is -2.25. The fraction of sp³-hybridized carbons (Fsp3) is 0.500. The van der Waals surface area contributed by atoms with Crippen molar-refractivity contribution < 1.29 is 8.42 Å². The van der Waals surface area contributed by atoms with Gasteiger partial charge >= 0.3 is 0 Å². The van der Waals surface area contributed by atoms with Crippen LogP contribution in [0.1, 0.15) is 18.5 Å². The summed E-state index contributed by atoms with van der Waals surface area (Å²) in [6.45, 7) is 2.45. The maximum atomic E-state index is 10.9. The first-order chi connectivity index (χ1) is 6.99. The number of rotatable bonds is 5. The lowest BCUT2D eigenvalue weighted by Gasteiger charge is -2.12. The van der Waals surface area contributed by atoms with Gasteiger partial charge in [-0.25, -0.2) is 8.42 Å². The van der Waals surface area contributed by atoms with Crippen LogP contribution in [0.25, 0.3) is 0 Å². The molecule has 84 valence electrons. The lowest BCUT2D eigenvalue weighted by atomic mass is 10.1. The molecule has 4 nitrogen and oxygen atoms in total. The molecule has 0 amide bonds. The smallest absolute Gasteiger partial charge is 0.148 e. The average Bonchev–Trinajstić information content (AvgIpc) is 2.17. The van der Waals surface area contributed by atoms with Gasteiger partial charge in [0.2, 0.25) is 0 Å². The van der Waals surface area contributed by atoms with E-state index in [1.807, 2.05) is 19.1 Å². The van der Waals surface area contributed by atoms with Gasteiger partial charge in [0.25, 0.3) is 0 Å². The molecule has 1 aromatic rings. The van der Waals surface area contributed by atoms with Crippen LogP contribution in [-0.4, -0.2) is 32.0 Å². The molecule has 1 rings (SSSR count). The summed E-state index contributed by atoms with van der Waals surface area (Å²) >= 11 is 0. The maximum absolute atomic E-state index is 10.9. The number of hydrogen-bond acceptors (Lipinski definition) is 4. The third kappa shape index (κ3) is 4.90. The molecule has 0 saturated heterocycles. The van der Waals surface area contributed by atoms with E-state index in [0.29, 0.717) is 6.54 Å². The quantitative estimate of drug-likeness (QED) is 0.809. The van der Waals surface area contributed by atoms with Crippen LogP contribution < -0.4 is 5.32 Å². The topological polar surface area (TPSA) is 59.1 Å². The van der Waals surface area contributed by atoms with E-state index in [1.165, 1.54) is 6.26 Å².